The third kappa shape index (κ3) is 3.42. The number of hydrogen-bond acceptors (Lipinski definition) is 4. The van der Waals surface area contributed by atoms with Gasteiger partial charge in [-0.3, -0.25) is 9.69 Å². The highest BCUT2D eigenvalue weighted by molar-refractivity contribution is 5.67. The van der Waals surface area contributed by atoms with Crippen molar-refractivity contribution in [1.82, 2.24) is 4.90 Å². The fourth-order valence-corrected chi connectivity index (χ4v) is 2.87. The van der Waals surface area contributed by atoms with Crippen molar-refractivity contribution < 1.29 is 20.1 Å². The minimum absolute atomic E-state index is 0.0543. The lowest BCUT2D eigenvalue weighted by Crippen LogP contribution is -2.36. The molecular formula is C15H21NO4. The quantitative estimate of drug-likeness (QED) is 0.788. The van der Waals surface area contributed by atoms with Gasteiger partial charge in [0.15, 0.2) is 0 Å². The Morgan fingerprint density at radius 2 is 2.00 bits per heavy atom. The van der Waals surface area contributed by atoms with Crippen molar-refractivity contribution >= 4 is 5.97 Å². The van der Waals surface area contributed by atoms with Crippen molar-refractivity contribution in [2.24, 2.45) is 5.92 Å². The molecule has 1 atom stereocenters. The number of carboxylic acid groups (broad SMARTS) is 1. The van der Waals surface area contributed by atoms with E-state index in [1.54, 1.807) is 12.1 Å². The topological polar surface area (TPSA) is 81.0 Å². The predicted octanol–water partition coefficient (Wildman–Crippen LogP) is 2.35. The number of likely N-dealkylation sites (tertiary alicyclic amines) is 1. The summed E-state index contributed by atoms with van der Waals surface area (Å²) in [5, 5.41) is 28.0. The fraction of sp³-hybridized carbons (Fsp3) is 0.533. The molecule has 5 heteroatoms. The summed E-state index contributed by atoms with van der Waals surface area (Å²) in [5.41, 5.74) is 0.791. The zero-order valence-corrected chi connectivity index (χ0v) is 11.6. The van der Waals surface area contributed by atoms with E-state index in [0.717, 1.165) is 31.5 Å². The average Bonchev–Trinajstić information content (AvgIpc) is 2.38. The lowest BCUT2D eigenvalue weighted by atomic mass is 9.92. The van der Waals surface area contributed by atoms with Crippen LogP contribution >= 0.6 is 0 Å². The van der Waals surface area contributed by atoms with E-state index in [2.05, 4.69) is 4.90 Å². The molecule has 2 rings (SSSR count). The zero-order valence-electron chi connectivity index (χ0n) is 11.6. The van der Waals surface area contributed by atoms with E-state index in [-0.39, 0.29) is 29.9 Å². The van der Waals surface area contributed by atoms with E-state index in [1.165, 1.54) is 6.07 Å². The molecule has 110 valence electrons. The maximum Gasteiger partial charge on any atom is 0.303 e. The molecule has 0 aliphatic carbocycles. The van der Waals surface area contributed by atoms with Gasteiger partial charge in [-0.15, -0.1) is 0 Å². The number of aliphatic carboxylic acids is 1. The third-order valence-electron chi connectivity index (χ3n) is 4.12. The number of aromatic hydroxyl groups is 2. The van der Waals surface area contributed by atoms with Crippen molar-refractivity contribution in [3.05, 3.63) is 23.8 Å². The molecule has 1 aromatic carbocycles. The molecule has 0 amide bonds. The molecule has 1 aliphatic rings. The van der Waals surface area contributed by atoms with Gasteiger partial charge in [-0.05, 0) is 44.8 Å². The van der Waals surface area contributed by atoms with Crippen LogP contribution in [0.5, 0.6) is 11.5 Å². The standard InChI is InChI=1S/C15H21NO4/c1-10(13-3-2-12(17)9-14(13)18)16-6-4-11(5-7-16)8-15(19)20/h2-3,9-11,17-18H,4-8H2,1H3,(H,19,20). The van der Waals surface area contributed by atoms with Crippen molar-refractivity contribution in [3.8, 4) is 11.5 Å². The number of hydrogen-bond donors (Lipinski definition) is 3. The first-order valence-electron chi connectivity index (χ1n) is 6.95. The summed E-state index contributed by atoms with van der Waals surface area (Å²) in [4.78, 5) is 13.0. The Labute approximate surface area is 118 Å². The van der Waals surface area contributed by atoms with Gasteiger partial charge >= 0.3 is 5.97 Å². The van der Waals surface area contributed by atoms with Crippen LogP contribution in [0, 0.1) is 5.92 Å². The highest BCUT2D eigenvalue weighted by Crippen LogP contribution is 2.33. The summed E-state index contributed by atoms with van der Waals surface area (Å²) in [5.74, 6) is -0.319. The first-order valence-corrected chi connectivity index (χ1v) is 6.95. The number of benzene rings is 1. The summed E-state index contributed by atoms with van der Waals surface area (Å²) in [7, 11) is 0. The second-order valence-corrected chi connectivity index (χ2v) is 5.50. The van der Waals surface area contributed by atoms with Crippen LogP contribution in [0.25, 0.3) is 0 Å². The number of carbonyl (C=O) groups is 1. The van der Waals surface area contributed by atoms with E-state index in [4.69, 9.17) is 5.11 Å². The number of phenols is 2. The van der Waals surface area contributed by atoms with Gasteiger partial charge in [-0.1, -0.05) is 6.07 Å². The van der Waals surface area contributed by atoms with Gasteiger partial charge in [0.1, 0.15) is 11.5 Å². The minimum Gasteiger partial charge on any atom is -0.508 e. The number of rotatable bonds is 4. The maximum absolute atomic E-state index is 10.7. The van der Waals surface area contributed by atoms with E-state index < -0.39 is 5.97 Å². The van der Waals surface area contributed by atoms with Gasteiger partial charge in [0.2, 0.25) is 0 Å². The molecule has 1 heterocycles. The van der Waals surface area contributed by atoms with Crippen LogP contribution in [-0.2, 0) is 4.79 Å². The van der Waals surface area contributed by atoms with Gasteiger partial charge in [0.25, 0.3) is 0 Å². The van der Waals surface area contributed by atoms with E-state index in [0.29, 0.717) is 0 Å². The fourth-order valence-electron chi connectivity index (χ4n) is 2.87. The minimum atomic E-state index is -0.729. The van der Waals surface area contributed by atoms with Gasteiger partial charge in [0, 0.05) is 24.1 Å². The SMILES string of the molecule is CC(c1ccc(O)cc1O)N1CCC(CC(=O)O)CC1. The Bertz CT molecular complexity index is 481. The normalized spacial score (nSPS) is 18.9. The summed E-state index contributed by atoms with van der Waals surface area (Å²) < 4.78 is 0. The van der Waals surface area contributed by atoms with Crippen LogP contribution in [-0.4, -0.2) is 39.3 Å². The van der Waals surface area contributed by atoms with Crippen LogP contribution in [0.3, 0.4) is 0 Å². The summed E-state index contributed by atoms with van der Waals surface area (Å²) >= 11 is 0. The lowest BCUT2D eigenvalue weighted by molar-refractivity contribution is -0.138. The van der Waals surface area contributed by atoms with Gasteiger partial charge in [-0.2, -0.15) is 0 Å². The van der Waals surface area contributed by atoms with Crippen LogP contribution in [0.2, 0.25) is 0 Å². The van der Waals surface area contributed by atoms with Crippen LogP contribution in [0.1, 0.15) is 37.8 Å². The van der Waals surface area contributed by atoms with E-state index in [9.17, 15) is 15.0 Å². The van der Waals surface area contributed by atoms with Gasteiger partial charge < -0.3 is 15.3 Å². The van der Waals surface area contributed by atoms with Crippen molar-refractivity contribution in [2.45, 2.75) is 32.2 Å². The molecule has 1 aromatic rings. The number of piperidine rings is 1. The van der Waals surface area contributed by atoms with E-state index >= 15 is 0 Å². The molecule has 5 nitrogen and oxygen atoms in total. The molecule has 1 unspecified atom stereocenters. The average molecular weight is 279 g/mol. The number of carboxylic acids is 1. The van der Waals surface area contributed by atoms with Crippen LogP contribution in [0.15, 0.2) is 18.2 Å². The van der Waals surface area contributed by atoms with Crippen molar-refractivity contribution in [1.29, 1.82) is 0 Å². The monoisotopic (exact) mass is 279 g/mol. The van der Waals surface area contributed by atoms with Crippen LogP contribution < -0.4 is 0 Å². The molecule has 0 saturated carbocycles. The number of nitrogens with zero attached hydrogens (tertiary/aromatic N) is 1. The second-order valence-electron chi connectivity index (χ2n) is 5.50. The largest absolute Gasteiger partial charge is 0.508 e. The molecule has 1 fully saturated rings. The summed E-state index contributed by atoms with van der Waals surface area (Å²) in [6.07, 6.45) is 1.98. The Morgan fingerprint density at radius 1 is 1.35 bits per heavy atom. The molecule has 3 N–H and O–H groups in total. The lowest BCUT2D eigenvalue weighted by Gasteiger charge is -2.36. The van der Waals surface area contributed by atoms with Gasteiger partial charge in [0.05, 0.1) is 0 Å². The molecule has 1 aliphatic heterocycles. The molecule has 0 spiro atoms. The second kappa shape index (κ2) is 6.13. The van der Waals surface area contributed by atoms with Crippen molar-refractivity contribution in [3.63, 3.8) is 0 Å². The van der Waals surface area contributed by atoms with E-state index in [1.807, 2.05) is 6.92 Å². The van der Waals surface area contributed by atoms with Crippen LogP contribution in [0.4, 0.5) is 0 Å². The summed E-state index contributed by atoms with van der Waals surface area (Å²) in [6.45, 7) is 3.68. The molecule has 1 saturated heterocycles. The number of phenolic OH excluding ortho intramolecular Hbond substituents is 2. The Balaban J connectivity index is 1.97. The molecule has 20 heavy (non-hydrogen) atoms. The highest BCUT2D eigenvalue weighted by atomic mass is 16.4. The Kier molecular flexibility index (Phi) is 4.49. The third-order valence-corrected chi connectivity index (χ3v) is 4.12. The summed E-state index contributed by atoms with van der Waals surface area (Å²) in [6, 6.07) is 4.71. The molecular weight excluding hydrogens is 258 g/mol. The van der Waals surface area contributed by atoms with Gasteiger partial charge in [-0.25, -0.2) is 0 Å². The van der Waals surface area contributed by atoms with Crippen molar-refractivity contribution in [2.75, 3.05) is 13.1 Å². The molecule has 0 radical (unpaired) electrons. The smallest absolute Gasteiger partial charge is 0.303 e. The first kappa shape index (κ1) is 14.7. The molecule has 0 bridgehead atoms. The Hall–Kier alpha value is -1.75. The Morgan fingerprint density at radius 3 is 2.55 bits per heavy atom. The molecule has 0 aromatic heterocycles. The highest BCUT2D eigenvalue weighted by Gasteiger charge is 2.26. The first-order chi connectivity index (χ1) is 9.47. The zero-order chi connectivity index (χ0) is 14.7. The predicted molar refractivity (Wildman–Crippen MR) is 74.7 cm³/mol. The maximum atomic E-state index is 10.7.